The van der Waals surface area contributed by atoms with E-state index in [0.29, 0.717) is 12.8 Å². The molecule has 0 N–H and O–H groups in total. The average molecular weight is 364 g/mol. The highest BCUT2D eigenvalue weighted by atomic mass is 32.2. The van der Waals surface area contributed by atoms with Gasteiger partial charge in [-0.25, -0.2) is 22.0 Å². The van der Waals surface area contributed by atoms with E-state index in [4.69, 9.17) is 4.74 Å². The van der Waals surface area contributed by atoms with Crippen molar-refractivity contribution in [2.24, 2.45) is 0 Å². The Labute approximate surface area is 138 Å². The highest BCUT2D eigenvalue weighted by Crippen LogP contribution is 2.32. The lowest BCUT2D eigenvalue weighted by atomic mass is 10.1. The molecule has 0 saturated heterocycles. The van der Waals surface area contributed by atoms with E-state index in [0.717, 1.165) is 11.8 Å². The lowest BCUT2D eigenvalue weighted by Gasteiger charge is -2.24. The van der Waals surface area contributed by atoms with E-state index >= 15 is 0 Å². The highest BCUT2D eigenvalue weighted by Gasteiger charge is 2.45. The first-order chi connectivity index (χ1) is 10.4. The van der Waals surface area contributed by atoms with Crippen molar-refractivity contribution in [3.8, 4) is 0 Å². The molecule has 0 aliphatic rings. The van der Waals surface area contributed by atoms with Crippen LogP contribution in [0.25, 0.3) is 0 Å². The molecule has 0 fully saturated rings. The molecule has 2 atom stereocenters. The van der Waals surface area contributed by atoms with Gasteiger partial charge in [-0.15, -0.1) is 11.8 Å². The molecule has 2 unspecified atom stereocenters. The van der Waals surface area contributed by atoms with Gasteiger partial charge in [0.25, 0.3) is 12.3 Å². The molecule has 0 radical (unpaired) electrons. The molecule has 0 spiro atoms. The molecule has 0 aromatic carbocycles. The number of hydrogen-bond donors (Lipinski definition) is 0. The predicted molar refractivity (Wildman–Crippen MR) is 82.1 cm³/mol. The summed E-state index contributed by atoms with van der Waals surface area (Å²) in [5.41, 5.74) is -0.643. The summed E-state index contributed by atoms with van der Waals surface area (Å²) >= 11 is 1.14. The summed E-state index contributed by atoms with van der Waals surface area (Å²) in [6.07, 6.45) is -7.05. The maximum atomic E-state index is 13.2. The molecule has 0 aliphatic carbocycles. The largest absolute Gasteiger partial charge is 0.459 e. The Balaban J connectivity index is 4.36. The Morgan fingerprint density at radius 1 is 1.17 bits per heavy atom. The van der Waals surface area contributed by atoms with Gasteiger partial charge in [0.1, 0.15) is 10.9 Å². The van der Waals surface area contributed by atoms with E-state index in [9.17, 15) is 26.7 Å². The number of esters is 1. The maximum Gasteiger partial charge on any atom is 0.319 e. The van der Waals surface area contributed by atoms with Gasteiger partial charge in [-0.3, -0.25) is 4.79 Å². The Kier molecular flexibility index (Phi) is 9.47. The lowest BCUT2D eigenvalue weighted by Crippen LogP contribution is -2.35. The number of carbonyl (C=O) groups excluding carboxylic acids is 1. The van der Waals surface area contributed by atoms with E-state index in [1.165, 1.54) is 0 Å². The van der Waals surface area contributed by atoms with Gasteiger partial charge < -0.3 is 4.74 Å². The number of hydrogen-bond acceptors (Lipinski definition) is 3. The molecule has 2 nitrogen and oxygen atoms in total. The first-order valence-corrected chi connectivity index (χ1v) is 8.60. The molecule has 0 heterocycles. The number of carbonyl (C=O) groups is 1. The molecular weight excluding hydrogens is 339 g/mol. The van der Waals surface area contributed by atoms with Crippen LogP contribution in [-0.2, 0) is 9.53 Å². The smallest absolute Gasteiger partial charge is 0.319 e. The Morgan fingerprint density at radius 3 is 2.17 bits per heavy atom. The minimum absolute atomic E-state index is 0.148. The number of halogens is 5. The first kappa shape index (κ1) is 22.5. The monoisotopic (exact) mass is 364 g/mol. The number of rotatable bonds is 10. The fraction of sp³-hybridized carbons (Fsp3) is 0.933. The van der Waals surface area contributed by atoms with Gasteiger partial charge in [-0.2, -0.15) is 0 Å². The number of thioether (sulfide) groups is 1. The lowest BCUT2D eigenvalue weighted by molar-refractivity contribution is -0.154. The van der Waals surface area contributed by atoms with Crippen molar-refractivity contribution < 1.29 is 31.5 Å². The van der Waals surface area contributed by atoms with Crippen LogP contribution in [0, 0.1) is 0 Å². The van der Waals surface area contributed by atoms with Gasteiger partial charge in [0.05, 0.1) is 0 Å². The first-order valence-electron chi connectivity index (χ1n) is 7.55. The third kappa shape index (κ3) is 9.37. The van der Waals surface area contributed by atoms with Crippen molar-refractivity contribution in [2.45, 2.75) is 82.7 Å². The Bertz CT molecular complexity index is 358. The van der Waals surface area contributed by atoms with E-state index in [2.05, 4.69) is 0 Å². The second-order valence-electron chi connectivity index (χ2n) is 6.28. The Morgan fingerprint density at radius 2 is 1.74 bits per heavy atom. The molecule has 0 aliphatic heterocycles. The molecule has 0 aromatic rings. The standard InChI is InChI=1S/C15H25F5O2S/c1-5-7-10(13(21)22-14(2,3)4)23-9-6-8-15(19,20)11(16)12(17)18/h10-12H,5-9H2,1-4H3. The fourth-order valence-electron chi connectivity index (χ4n) is 1.75. The van der Waals surface area contributed by atoms with Gasteiger partial charge in [0.2, 0.25) is 6.17 Å². The van der Waals surface area contributed by atoms with Crippen LogP contribution in [0.1, 0.15) is 53.4 Å². The predicted octanol–water partition coefficient (Wildman–Crippen LogP) is 5.25. The van der Waals surface area contributed by atoms with Gasteiger partial charge in [0.15, 0.2) is 0 Å². The summed E-state index contributed by atoms with van der Waals surface area (Å²) in [5, 5.41) is -0.496. The van der Waals surface area contributed by atoms with Gasteiger partial charge in [-0.05, 0) is 39.4 Å². The second kappa shape index (κ2) is 9.69. The molecule has 0 saturated carbocycles. The average Bonchev–Trinajstić information content (AvgIpc) is 2.39. The summed E-state index contributed by atoms with van der Waals surface area (Å²) in [6.45, 7) is 7.06. The van der Waals surface area contributed by atoms with Crippen molar-refractivity contribution in [2.75, 3.05) is 5.75 Å². The maximum absolute atomic E-state index is 13.2. The molecule has 0 bridgehead atoms. The van der Waals surface area contributed by atoms with Crippen LogP contribution in [0.2, 0.25) is 0 Å². The van der Waals surface area contributed by atoms with E-state index in [-0.39, 0.29) is 12.2 Å². The van der Waals surface area contributed by atoms with Crippen LogP contribution < -0.4 is 0 Å². The zero-order valence-electron chi connectivity index (χ0n) is 13.9. The second-order valence-corrected chi connectivity index (χ2v) is 7.59. The van der Waals surface area contributed by atoms with Crippen LogP contribution >= 0.6 is 11.8 Å². The van der Waals surface area contributed by atoms with Gasteiger partial charge in [0, 0.05) is 6.42 Å². The molecule has 138 valence electrons. The number of alkyl halides is 5. The zero-order valence-corrected chi connectivity index (χ0v) is 14.7. The minimum Gasteiger partial charge on any atom is -0.459 e. The normalized spacial score (nSPS) is 15.6. The molecule has 0 amide bonds. The molecule has 23 heavy (non-hydrogen) atoms. The van der Waals surface area contributed by atoms with E-state index in [1.807, 2.05) is 6.92 Å². The van der Waals surface area contributed by atoms with Gasteiger partial charge in [-0.1, -0.05) is 13.3 Å². The van der Waals surface area contributed by atoms with Crippen molar-refractivity contribution in [3.05, 3.63) is 0 Å². The fourth-order valence-corrected chi connectivity index (χ4v) is 2.94. The summed E-state index contributed by atoms with van der Waals surface area (Å²) in [6, 6.07) is 0. The summed E-state index contributed by atoms with van der Waals surface area (Å²) in [4.78, 5) is 12.0. The van der Waals surface area contributed by atoms with E-state index < -0.39 is 41.8 Å². The summed E-state index contributed by atoms with van der Waals surface area (Å²) in [5.74, 6) is -4.33. The number of ether oxygens (including phenoxy) is 1. The van der Waals surface area contributed by atoms with Crippen molar-refractivity contribution in [1.82, 2.24) is 0 Å². The van der Waals surface area contributed by atoms with Crippen LogP contribution in [-0.4, -0.2) is 41.1 Å². The summed E-state index contributed by atoms with van der Waals surface area (Å²) < 4.78 is 68.3. The van der Waals surface area contributed by atoms with Crippen LogP contribution in [0.15, 0.2) is 0 Å². The SMILES string of the molecule is CCCC(SCCCC(F)(F)C(F)C(F)F)C(=O)OC(C)(C)C. The molecule has 0 rings (SSSR count). The van der Waals surface area contributed by atoms with Crippen LogP contribution in [0.4, 0.5) is 22.0 Å². The molecule has 0 aromatic heterocycles. The molecular formula is C15H25F5O2S. The van der Waals surface area contributed by atoms with Gasteiger partial charge >= 0.3 is 5.97 Å². The highest BCUT2D eigenvalue weighted by molar-refractivity contribution is 8.00. The third-order valence-electron chi connectivity index (χ3n) is 2.82. The third-order valence-corrected chi connectivity index (χ3v) is 4.17. The molecule has 8 heteroatoms. The van der Waals surface area contributed by atoms with Crippen molar-refractivity contribution in [1.29, 1.82) is 0 Å². The van der Waals surface area contributed by atoms with Crippen molar-refractivity contribution in [3.63, 3.8) is 0 Å². The Hall–Kier alpha value is -0.530. The van der Waals surface area contributed by atoms with Crippen LogP contribution in [0.3, 0.4) is 0 Å². The summed E-state index contributed by atoms with van der Waals surface area (Å²) in [7, 11) is 0. The topological polar surface area (TPSA) is 26.3 Å². The quantitative estimate of drug-likeness (QED) is 0.301. The van der Waals surface area contributed by atoms with Crippen LogP contribution in [0.5, 0.6) is 0 Å². The zero-order chi connectivity index (χ0) is 18.3. The van der Waals surface area contributed by atoms with Crippen molar-refractivity contribution >= 4 is 17.7 Å². The van der Waals surface area contributed by atoms with E-state index in [1.54, 1.807) is 20.8 Å². The minimum atomic E-state index is -4.05.